The van der Waals surface area contributed by atoms with Crippen molar-refractivity contribution in [1.82, 2.24) is 0 Å². The van der Waals surface area contributed by atoms with Gasteiger partial charge in [-0.15, -0.1) is 0 Å². The molecule has 0 fully saturated rings. The SMILES string of the molecule is Cc1cc(C=O)cc(CCc2cc(C=O)cc(C(=O)O)c2)c1. The van der Waals surface area contributed by atoms with Gasteiger partial charge in [-0.25, -0.2) is 4.79 Å². The number of rotatable bonds is 6. The number of carboxylic acid groups (broad SMARTS) is 1. The molecule has 4 heteroatoms. The topological polar surface area (TPSA) is 71.4 Å². The number of aldehydes is 2. The van der Waals surface area contributed by atoms with E-state index < -0.39 is 5.97 Å². The maximum atomic E-state index is 11.1. The molecule has 0 aliphatic rings. The summed E-state index contributed by atoms with van der Waals surface area (Å²) < 4.78 is 0. The molecule has 2 rings (SSSR count). The average molecular weight is 296 g/mol. The molecule has 0 saturated carbocycles. The molecule has 0 bridgehead atoms. The molecule has 0 aliphatic heterocycles. The van der Waals surface area contributed by atoms with E-state index in [1.165, 1.54) is 6.07 Å². The number of carbonyl (C=O) groups is 3. The summed E-state index contributed by atoms with van der Waals surface area (Å²) >= 11 is 0. The van der Waals surface area contributed by atoms with Crippen LogP contribution in [0.25, 0.3) is 0 Å². The van der Waals surface area contributed by atoms with Crippen LogP contribution in [0.2, 0.25) is 0 Å². The Hall–Kier alpha value is -2.75. The van der Waals surface area contributed by atoms with Crippen LogP contribution in [0.15, 0.2) is 36.4 Å². The Kier molecular flexibility index (Phi) is 4.84. The van der Waals surface area contributed by atoms with Gasteiger partial charge in [-0.05, 0) is 61.2 Å². The van der Waals surface area contributed by atoms with Gasteiger partial charge >= 0.3 is 5.97 Å². The molecule has 22 heavy (non-hydrogen) atoms. The lowest BCUT2D eigenvalue weighted by Crippen LogP contribution is -2.01. The molecule has 2 aromatic rings. The van der Waals surface area contributed by atoms with Crippen LogP contribution < -0.4 is 0 Å². The third kappa shape index (κ3) is 3.88. The fourth-order valence-electron chi connectivity index (χ4n) is 2.45. The second kappa shape index (κ2) is 6.80. The molecule has 2 aromatic carbocycles. The zero-order chi connectivity index (χ0) is 16.1. The lowest BCUT2D eigenvalue weighted by molar-refractivity contribution is 0.0696. The number of hydrogen-bond donors (Lipinski definition) is 1. The number of carboxylic acids is 1. The number of benzene rings is 2. The summed E-state index contributed by atoms with van der Waals surface area (Å²) in [6, 6.07) is 10.3. The summed E-state index contributed by atoms with van der Waals surface area (Å²) in [5.74, 6) is -1.05. The summed E-state index contributed by atoms with van der Waals surface area (Å²) in [7, 11) is 0. The molecular formula is C18H16O4. The summed E-state index contributed by atoms with van der Waals surface area (Å²) in [6.45, 7) is 1.92. The summed E-state index contributed by atoms with van der Waals surface area (Å²) in [5, 5.41) is 9.06. The highest BCUT2D eigenvalue weighted by molar-refractivity contribution is 5.90. The van der Waals surface area contributed by atoms with Crippen molar-refractivity contribution >= 4 is 18.5 Å². The Morgan fingerprint density at radius 1 is 0.909 bits per heavy atom. The van der Waals surface area contributed by atoms with Crippen LogP contribution in [0, 0.1) is 6.92 Å². The van der Waals surface area contributed by atoms with Gasteiger partial charge in [-0.1, -0.05) is 11.6 Å². The molecule has 0 radical (unpaired) electrons. The van der Waals surface area contributed by atoms with Crippen LogP contribution in [-0.2, 0) is 12.8 Å². The number of aromatic carboxylic acids is 1. The van der Waals surface area contributed by atoms with Crippen LogP contribution in [-0.4, -0.2) is 23.6 Å². The van der Waals surface area contributed by atoms with E-state index in [9.17, 15) is 14.4 Å². The Labute approximate surface area is 128 Å². The van der Waals surface area contributed by atoms with E-state index in [1.54, 1.807) is 12.1 Å². The van der Waals surface area contributed by atoms with Crippen molar-refractivity contribution in [1.29, 1.82) is 0 Å². The molecule has 112 valence electrons. The van der Waals surface area contributed by atoms with Gasteiger partial charge in [-0.2, -0.15) is 0 Å². The van der Waals surface area contributed by atoms with Gasteiger partial charge in [0, 0.05) is 11.1 Å². The van der Waals surface area contributed by atoms with E-state index in [0.29, 0.717) is 30.3 Å². The van der Waals surface area contributed by atoms with Gasteiger partial charge in [0.2, 0.25) is 0 Å². The molecule has 0 spiro atoms. The molecule has 0 saturated heterocycles. The predicted octanol–water partition coefficient (Wildman–Crippen LogP) is 3.10. The van der Waals surface area contributed by atoms with Gasteiger partial charge in [0.05, 0.1) is 5.56 Å². The highest BCUT2D eigenvalue weighted by Crippen LogP contribution is 2.15. The second-order valence-corrected chi connectivity index (χ2v) is 5.26. The predicted molar refractivity (Wildman–Crippen MR) is 82.8 cm³/mol. The highest BCUT2D eigenvalue weighted by atomic mass is 16.4. The second-order valence-electron chi connectivity index (χ2n) is 5.26. The summed E-state index contributed by atoms with van der Waals surface area (Å²) in [4.78, 5) is 32.9. The standard InChI is InChI=1S/C18H16O4/c1-12-4-13(6-15(5-12)10-19)2-3-14-7-16(11-20)9-17(8-14)18(21)22/h4-11H,2-3H2,1H3,(H,21,22). The van der Waals surface area contributed by atoms with E-state index in [1.807, 2.05) is 25.1 Å². The highest BCUT2D eigenvalue weighted by Gasteiger charge is 2.07. The Morgan fingerprint density at radius 2 is 1.45 bits per heavy atom. The molecule has 0 heterocycles. The van der Waals surface area contributed by atoms with E-state index in [-0.39, 0.29) is 5.56 Å². The van der Waals surface area contributed by atoms with E-state index in [0.717, 1.165) is 23.0 Å². The Balaban J connectivity index is 2.22. The van der Waals surface area contributed by atoms with Gasteiger partial charge in [0.15, 0.2) is 0 Å². The zero-order valence-corrected chi connectivity index (χ0v) is 12.2. The van der Waals surface area contributed by atoms with E-state index >= 15 is 0 Å². The lowest BCUT2D eigenvalue weighted by Gasteiger charge is -2.07. The van der Waals surface area contributed by atoms with Crippen LogP contribution in [0.5, 0.6) is 0 Å². The van der Waals surface area contributed by atoms with Gasteiger partial charge in [0.25, 0.3) is 0 Å². The first-order chi connectivity index (χ1) is 10.5. The maximum absolute atomic E-state index is 11.1. The summed E-state index contributed by atoms with van der Waals surface area (Å²) in [5.41, 5.74) is 3.90. The Bertz CT molecular complexity index is 732. The van der Waals surface area contributed by atoms with Gasteiger partial charge in [-0.3, -0.25) is 9.59 Å². The van der Waals surface area contributed by atoms with Crippen molar-refractivity contribution in [2.24, 2.45) is 0 Å². The first-order valence-corrected chi connectivity index (χ1v) is 6.90. The minimum absolute atomic E-state index is 0.109. The van der Waals surface area contributed by atoms with Crippen molar-refractivity contribution in [2.45, 2.75) is 19.8 Å². The fraction of sp³-hybridized carbons (Fsp3) is 0.167. The van der Waals surface area contributed by atoms with Crippen molar-refractivity contribution in [3.63, 3.8) is 0 Å². The normalized spacial score (nSPS) is 10.2. The molecule has 4 nitrogen and oxygen atoms in total. The van der Waals surface area contributed by atoms with Crippen LogP contribution in [0.3, 0.4) is 0 Å². The number of hydrogen-bond acceptors (Lipinski definition) is 3. The van der Waals surface area contributed by atoms with Gasteiger partial charge < -0.3 is 5.11 Å². The number of carbonyl (C=O) groups excluding carboxylic acids is 2. The van der Waals surface area contributed by atoms with Crippen LogP contribution in [0.4, 0.5) is 0 Å². The van der Waals surface area contributed by atoms with Crippen molar-refractivity contribution in [3.8, 4) is 0 Å². The molecule has 0 unspecified atom stereocenters. The first kappa shape index (κ1) is 15.6. The Morgan fingerprint density at radius 3 is 2.00 bits per heavy atom. The largest absolute Gasteiger partial charge is 0.478 e. The molecule has 0 aliphatic carbocycles. The van der Waals surface area contributed by atoms with E-state index in [2.05, 4.69) is 0 Å². The van der Waals surface area contributed by atoms with Gasteiger partial charge in [0.1, 0.15) is 12.6 Å². The molecular weight excluding hydrogens is 280 g/mol. The first-order valence-electron chi connectivity index (χ1n) is 6.90. The van der Waals surface area contributed by atoms with Crippen molar-refractivity contribution in [3.05, 3.63) is 69.8 Å². The lowest BCUT2D eigenvalue weighted by atomic mass is 9.98. The molecule has 0 aromatic heterocycles. The zero-order valence-electron chi connectivity index (χ0n) is 12.2. The minimum atomic E-state index is -1.05. The van der Waals surface area contributed by atoms with Crippen molar-refractivity contribution < 1.29 is 19.5 Å². The molecule has 0 atom stereocenters. The summed E-state index contributed by atoms with van der Waals surface area (Å²) in [6.07, 6.45) is 2.73. The maximum Gasteiger partial charge on any atom is 0.335 e. The monoisotopic (exact) mass is 296 g/mol. The van der Waals surface area contributed by atoms with E-state index in [4.69, 9.17) is 5.11 Å². The quantitative estimate of drug-likeness (QED) is 0.831. The minimum Gasteiger partial charge on any atom is -0.478 e. The third-order valence-electron chi connectivity index (χ3n) is 3.40. The third-order valence-corrected chi connectivity index (χ3v) is 3.40. The van der Waals surface area contributed by atoms with Crippen LogP contribution >= 0.6 is 0 Å². The van der Waals surface area contributed by atoms with Crippen molar-refractivity contribution in [2.75, 3.05) is 0 Å². The smallest absolute Gasteiger partial charge is 0.335 e. The molecule has 0 amide bonds. The fourth-order valence-corrected chi connectivity index (χ4v) is 2.45. The van der Waals surface area contributed by atoms with Crippen LogP contribution in [0.1, 0.15) is 47.8 Å². The molecule has 1 N–H and O–H groups in total. The number of aryl methyl sites for hydroxylation is 3. The average Bonchev–Trinajstić information content (AvgIpc) is 2.51.